The second kappa shape index (κ2) is 6.64. The van der Waals surface area contributed by atoms with Gasteiger partial charge in [0.2, 0.25) is 0 Å². The fourth-order valence-corrected chi connectivity index (χ4v) is 1.65. The zero-order valence-electron chi connectivity index (χ0n) is 7.85. The molecule has 0 bridgehead atoms. The lowest BCUT2D eigenvalue weighted by atomic mass is 10.4. The van der Waals surface area contributed by atoms with Crippen molar-refractivity contribution in [3.8, 4) is 0 Å². The van der Waals surface area contributed by atoms with E-state index in [0.717, 1.165) is 10.8 Å². The number of thioether (sulfide) groups is 1. The van der Waals surface area contributed by atoms with E-state index in [1.807, 2.05) is 12.1 Å². The summed E-state index contributed by atoms with van der Waals surface area (Å²) in [6, 6.07) is 3.63. The molecule has 0 saturated heterocycles. The van der Waals surface area contributed by atoms with Crippen molar-refractivity contribution in [1.29, 1.82) is 0 Å². The minimum atomic E-state index is 0.0659. The Morgan fingerprint density at radius 3 is 3.07 bits per heavy atom. The lowest BCUT2D eigenvalue weighted by molar-refractivity contribution is 0.103. The minimum absolute atomic E-state index is 0.0659. The quantitative estimate of drug-likeness (QED) is 0.540. The molecule has 0 aromatic carbocycles. The number of aliphatic hydroxyl groups is 1. The number of nitrogen functional groups attached to an aromatic ring is 1. The van der Waals surface area contributed by atoms with Gasteiger partial charge >= 0.3 is 0 Å². The first-order chi connectivity index (χ1) is 6.84. The van der Waals surface area contributed by atoms with E-state index in [9.17, 15) is 0 Å². The second-order valence-corrected chi connectivity index (χ2v) is 3.67. The molecule has 78 valence electrons. The average Bonchev–Trinajstić information content (AvgIpc) is 2.20. The van der Waals surface area contributed by atoms with Crippen LogP contribution in [0.5, 0.6) is 0 Å². The first-order valence-corrected chi connectivity index (χ1v) is 5.35. The highest BCUT2D eigenvalue weighted by Gasteiger charge is 1.99. The number of aliphatic hydroxyl groups excluding tert-OH is 1. The predicted octanol–water partition coefficient (Wildman–Crippen LogP) is 0.765. The Labute approximate surface area is 87.5 Å². The Bertz CT molecular complexity index is 271. The van der Waals surface area contributed by atoms with Crippen LogP contribution in [-0.4, -0.2) is 35.7 Å². The summed E-state index contributed by atoms with van der Waals surface area (Å²) in [5.41, 5.74) is 6.39. The molecule has 0 aliphatic heterocycles. The molecule has 0 saturated carbocycles. The van der Waals surface area contributed by atoms with Crippen molar-refractivity contribution in [2.45, 2.75) is 5.03 Å². The lowest BCUT2D eigenvalue weighted by Gasteiger charge is -2.03. The molecule has 1 heterocycles. The van der Waals surface area contributed by atoms with Crippen molar-refractivity contribution >= 4 is 17.4 Å². The van der Waals surface area contributed by atoms with E-state index in [0.29, 0.717) is 18.9 Å². The summed E-state index contributed by atoms with van der Waals surface area (Å²) >= 11 is 1.55. The highest BCUT2D eigenvalue weighted by molar-refractivity contribution is 7.99. The van der Waals surface area contributed by atoms with Gasteiger partial charge in [0.05, 0.1) is 25.5 Å². The van der Waals surface area contributed by atoms with Crippen LogP contribution in [0.2, 0.25) is 0 Å². The first-order valence-electron chi connectivity index (χ1n) is 4.36. The Kier molecular flexibility index (Phi) is 5.36. The molecule has 14 heavy (non-hydrogen) atoms. The molecule has 0 atom stereocenters. The molecule has 0 fully saturated rings. The molecule has 3 N–H and O–H groups in total. The third-order valence-electron chi connectivity index (χ3n) is 1.50. The molecule has 1 rings (SSSR count). The largest absolute Gasteiger partial charge is 0.397 e. The predicted molar refractivity (Wildman–Crippen MR) is 57.3 cm³/mol. The van der Waals surface area contributed by atoms with Crippen LogP contribution in [0.15, 0.2) is 23.4 Å². The number of ether oxygens (including phenoxy) is 1. The van der Waals surface area contributed by atoms with Gasteiger partial charge in [-0.15, -0.1) is 11.8 Å². The summed E-state index contributed by atoms with van der Waals surface area (Å²) in [6.07, 6.45) is 1.72. The van der Waals surface area contributed by atoms with Gasteiger partial charge in [-0.25, -0.2) is 4.98 Å². The Morgan fingerprint density at radius 2 is 2.36 bits per heavy atom. The minimum Gasteiger partial charge on any atom is -0.397 e. The van der Waals surface area contributed by atoms with Gasteiger partial charge in [0, 0.05) is 11.9 Å². The van der Waals surface area contributed by atoms with Crippen LogP contribution >= 0.6 is 11.8 Å². The summed E-state index contributed by atoms with van der Waals surface area (Å²) in [5.74, 6) is 0.793. The van der Waals surface area contributed by atoms with Crippen molar-refractivity contribution in [3.05, 3.63) is 18.3 Å². The first kappa shape index (κ1) is 11.3. The van der Waals surface area contributed by atoms with Crippen LogP contribution in [0.4, 0.5) is 5.69 Å². The molecule has 0 unspecified atom stereocenters. The molecule has 0 radical (unpaired) electrons. The van der Waals surface area contributed by atoms with E-state index in [-0.39, 0.29) is 6.61 Å². The van der Waals surface area contributed by atoms with Crippen molar-refractivity contribution in [3.63, 3.8) is 0 Å². The Balaban J connectivity index is 2.21. The zero-order chi connectivity index (χ0) is 10.2. The number of rotatable bonds is 6. The van der Waals surface area contributed by atoms with Gasteiger partial charge in [-0.1, -0.05) is 0 Å². The summed E-state index contributed by atoms with van der Waals surface area (Å²) in [6.45, 7) is 1.05. The SMILES string of the molecule is Nc1cccnc1SCCOCCO. The normalized spacial score (nSPS) is 10.4. The van der Waals surface area contributed by atoms with Crippen molar-refractivity contribution in [1.82, 2.24) is 4.98 Å². The number of hydrogen-bond acceptors (Lipinski definition) is 5. The lowest BCUT2D eigenvalue weighted by Crippen LogP contribution is -2.03. The van der Waals surface area contributed by atoms with Crippen molar-refractivity contribution < 1.29 is 9.84 Å². The van der Waals surface area contributed by atoms with Crippen LogP contribution in [0, 0.1) is 0 Å². The topological polar surface area (TPSA) is 68.4 Å². The van der Waals surface area contributed by atoms with E-state index in [1.54, 1.807) is 18.0 Å². The maximum absolute atomic E-state index is 8.46. The number of hydrogen-bond donors (Lipinski definition) is 2. The summed E-state index contributed by atoms with van der Waals surface area (Å²) < 4.78 is 5.10. The van der Waals surface area contributed by atoms with E-state index in [2.05, 4.69) is 4.98 Å². The molecule has 1 aromatic rings. The molecule has 1 aromatic heterocycles. The molecule has 0 amide bonds. The van der Waals surface area contributed by atoms with Gasteiger partial charge in [-0.2, -0.15) is 0 Å². The highest BCUT2D eigenvalue weighted by atomic mass is 32.2. The van der Waals surface area contributed by atoms with Crippen molar-refractivity contribution in [2.24, 2.45) is 0 Å². The van der Waals surface area contributed by atoms with Gasteiger partial charge in [0.15, 0.2) is 0 Å². The van der Waals surface area contributed by atoms with E-state index < -0.39 is 0 Å². The van der Waals surface area contributed by atoms with Gasteiger partial charge in [0.1, 0.15) is 5.03 Å². The monoisotopic (exact) mass is 214 g/mol. The third kappa shape index (κ3) is 3.95. The fourth-order valence-electron chi connectivity index (χ4n) is 0.888. The molecule has 0 aliphatic rings. The maximum atomic E-state index is 8.46. The van der Waals surface area contributed by atoms with Crippen LogP contribution in [0.3, 0.4) is 0 Å². The molecule has 5 heteroatoms. The number of aromatic nitrogens is 1. The van der Waals surface area contributed by atoms with E-state index in [4.69, 9.17) is 15.6 Å². The van der Waals surface area contributed by atoms with Gasteiger partial charge in [-0.05, 0) is 12.1 Å². The van der Waals surface area contributed by atoms with Gasteiger partial charge in [0.25, 0.3) is 0 Å². The number of nitrogens with zero attached hydrogens (tertiary/aromatic N) is 1. The number of anilines is 1. The Morgan fingerprint density at radius 1 is 1.50 bits per heavy atom. The van der Waals surface area contributed by atoms with Crippen LogP contribution in [-0.2, 0) is 4.74 Å². The standard InChI is InChI=1S/C9H14N2O2S/c10-8-2-1-3-11-9(8)14-7-6-13-5-4-12/h1-3,12H,4-7,10H2. The molecule has 4 nitrogen and oxygen atoms in total. The average molecular weight is 214 g/mol. The number of pyridine rings is 1. The second-order valence-electron chi connectivity index (χ2n) is 2.58. The zero-order valence-corrected chi connectivity index (χ0v) is 8.67. The van der Waals surface area contributed by atoms with Crippen LogP contribution in [0.1, 0.15) is 0 Å². The molecular weight excluding hydrogens is 200 g/mol. The molecular formula is C9H14N2O2S. The van der Waals surface area contributed by atoms with Gasteiger partial charge < -0.3 is 15.6 Å². The Hall–Kier alpha value is -0.780. The highest BCUT2D eigenvalue weighted by Crippen LogP contribution is 2.20. The van der Waals surface area contributed by atoms with Gasteiger partial charge in [-0.3, -0.25) is 0 Å². The summed E-state index contributed by atoms with van der Waals surface area (Å²) in [5, 5.41) is 9.30. The number of nitrogens with two attached hydrogens (primary N) is 1. The van der Waals surface area contributed by atoms with E-state index in [1.165, 1.54) is 0 Å². The molecule has 0 spiro atoms. The third-order valence-corrected chi connectivity index (χ3v) is 2.49. The fraction of sp³-hybridized carbons (Fsp3) is 0.444. The van der Waals surface area contributed by atoms with Crippen LogP contribution in [0.25, 0.3) is 0 Å². The van der Waals surface area contributed by atoms with E-state index >= 15 is 0 Å². The summed E-state index contributed by atoms with van der Waals surface area (Å²) in [7, 11) is 0. The smallest absolute Gasteiger partial charge is 0.119 e. The maximum Gasteiger partial charge on any atom is 0.119 e. The van der Waals surface area contributed by atoms with Crippen molar-refractivity contribution in [2.75, 3.05) is 31.3 Å². The van der Waals surface area contributed by atoms with Crippen LogP contribution < -0.4 is 5.73 Å². The molecule has 0 aliphatic carbocycles. The summed E-state index contributed by atoms with van der Waals surface area (Å²) in [4.78, 5) is 4.13.